The van der Waals surface area contributed by atoms with Crippen molar-refractivity contribution in [3.05, 3.63) is 46.7 Å². The third kappa shape index (κ3) is 2.03. The summed E-state index contributed by atoms with van der Waals surface area (Å²) >= 11 is 0. The fraction of sp³-hybridized carbons (Fsp3) is 0.353. The zero-order valence-corrected chi connectivity index (χ0v) is 12.3. The Hall–Kier alpha value is -2.03. The van der Waals surface area contributed by atoms with Crippen LogP contribution in [0.2, 0.25) is 0 Å². The first kappa shape index (κ1) is 13.0. The maximum atomic E-state index is 5.55. The molecule has 0 N–H and O–H groups in total. The van der Waals surface area contributed by atoms with E-state index >= 15 is 0 Å². The SMILES string of the molecule is CCN(c1cccc2c1C=CCC2)c1onc(C)c1C. The van der Waals surface area contributed by atoms with Gasteiger partial charge in [-0.1, -0.05) is 29.4 Å². The van der Waals surface area contributed by atoms with Gasteiger partial charge < -0.3 is 9.42 Å². The average molecular weight is 268 g/mol. The molecule has 20 heavy (non-hydrogen) atoms. The minimum absolute atomic E-state index is 0.859. The summed E-state index contributed by atoms with van der Waals surface area (Å²) in [6.45, 7) is 7.05. The second-order valence-electron chi connectivity index (χ2n) is 5.23. The Morgan fingerprint density at radius 3 is 2.85 bits per heavy atom. The predicted molar refractivity (Wildman–Crippen MR) is 82.5 cm³/mol. The third-order valence-corrected chi connectivity index (χ3v) is 4.02. The Balaban J connectivity index is 2.11. The number of anilines is 2. The summed E-state index contributed by atoms with van der Waals surface area (Å²) in [5.74, 6) is 0.859. The van der Waals surface area contributed by atoms with Crippen molar-refractivity contribution in [1.82, 2.24) is 5.16 Å². The van der Waals surface area contributed by atoms with Gasteiger partial charge in [0.1, 0.15) is 0 Å². The van der Waals surface area contributed by atoms with Gasteiger partial charge >= 0.3 is 0 Å². The van der Waals surface area contributed by atoms with Gasteiger partial charge in [-0.05, 0) is 45.2 Å². The van der Waals surface area contributed by atoms with Gasteiger partial charge in [-0.3, -0.25) is 0 Å². The highest BCUT2D eigenvalue weighted by Gasteiger charge is 2.20. The lowest BCUT2D eigenvalue weighted by Crippen LogP contribution is -2.18. The van der Waals surface area contributed by atoms with Gasteiger partial charge in [-0.2, -0.15) is 0 Å². The normalized spacial score (nSPS) is 13.3. The Morgan fingerprint density at radius 1 is 1.30 bits per heavy atom. The van der Waals surface area contributed by atoms with Gasteiger partial charge in [0.2, 0.25) is 5.88 Å². The van der Waals surface area contributed by atoms with Crippen LogP contribution in [0.15, 0.2) is 28.8 Å². The fourth-order valence-electron chi connectivity index (χ4n) is 2.76. The fourth-order valence-corrected chi connectivity index (χ4v) is 2.76. The largest absolute Gasteiger partial charge is 0.338 e. The van der Waals surface area contributed by atoms with E-state index in [1.165, 1.54) is 16.8 Å². The zero-order chi connectivity index (χ0) is 14.1. The molecule has 0 saturated heterocycles. The molecule has 0 saturated carbocycles. The summed E-state index contributed by atoms with van der Waals surface area (Å²) in [5, 5.41) is 4.09. The molecule has 0 amide bonds. The number of hydrogen-bond acceptors (Lipinski definition) is 3. The Bertz CT molecular complexity index is 655. The van der Waals surface area contributed by atoms with Crippen LogP contribution in [0.1, 0.15) is 35.7 Å². The number of hydrogen-bond donors (Lipinski definition) is 0. The summed E-state index contributed by atoms with van der Waals surface area (Å²) < 4.78 is 5.55. The highest BCUT2D eigenvalue weighted by Crippen LogP contribution is 2.35. The smallest absolute Gasteiger partial charge is 0.234 e. The Kier molecular flexibility index (Phi) is 3.35. The van der Waals surface area contributed by atoms with Crippen LogP contribution in [0.4, 0.5) is 11.6 Å². The zero-order valence-electron chi connectivity index (χ0n) is 12.3. The van der Waals surface area contributed by atoms with Gasteiger partial charge in [0.15, 0.2) is 0 Å². The summed E-state index contributed by atoms with van der Waals surface area (Å²) in [6.07, 6.45) is 6.72. The second-order valence-corrected chi connectivity index (χ2v) is 5.23. The molecule has 1 heterocycles. The number of rotatable bonds is 3. The first-order valence-electron chi connectivity index (χ1n) is 7.21. The summed E-state index contributed by atoms with van der Waals surface area (Å²) in [7, 11) is 0. The summed E-state index contributed by atoms with van der Waals surface area (Å²) in [5.41, 5.74) is 6.01. The molecule has 2 aromatic rings. The van der Waals surface area contributed by atoms with Gasteiger partial charge in [0, 0.05) is 17.7 Å². The van der Waals surface area contributed by atoms with E-state index < -0.39 is 0 Å². The molecule has 0 spiro atoms. The molecular formula is C17H20N2O. The van der Waals surface area contributed by atoms with Crippen molar-refractivity contribution in [3.8, 4) is 0 Å². The summed E-state index contributed by atoms with van der Waals surface area (Å²) in [4.78, 5) is 2.21. The maximum Gasteiger partial charge on any atom is 0.234 e. The quantitative estimate of drug-likeness (QED) is 0.825. The predicted octanol–water partition coefficient (Wildman–Crippen LogP) is 4.41. The van der Waals surface area contributed by atoms with Gasteiger partial charge in [-0.15, -0.1) is 0 Å². The molecule has 3 heteroatoms. The van der Waals surface area contributed by atoms with E-state index in [-0.39, 0.29) is 0 Å². The van der Waals surface area contributed by atoms with Crippen LogP contribution >= 0.6 is 0 Å². The molecule has 0 radical (unpaired) electrons. The molecule has 0 fully saturated rings. The van der Waals surface area contributed by atoms with E-state index in [1.54, 1.807) is 0 Å². The lowest BCUT2D eigenvalue weighted by molar-refractivity contribution is 0.418. The Morgan fingerprint density at radius 2 is 2.15 bits per heavy atom. The number of aromatic nitrogens is 1. The van der Waals surface area contributed by atoms with Gasteiger partial charge in [0.05, 0.1) is 11.4 Å². The molecule has 0 atom stereocenters. The number of aryl methyl sites for hydroxylation is 2. The van der Waals surface area contributed by atoms with Crippen LogP contribution in [0.25, 0.3) is 6.08 Å². The van der Waals surface area contributed by atoms with Gasteiger partial charge in [-0.25, -0.2) is 0 Å². The van der Waals surface area contributed by atoms with Gasteiger partial charge in [0.25, 0.3) is 0 Å². The first-order chi connectivity index (χ1) is 9.72. The lowest BCUT2D eigenvalue weighted by Gasteiger charge is -2.25. The molecule has 1 aliphatic carbocycles. The molecule has 1 aliphatic rings. The molecule has 1 aromatic carbocycles. The van der Waals surface area contributed by atoms with E-state index in [4.69, 9.17) is 4.52 Å². The van der Waals surface area contributed by atoms with Crippen LogP contribution < -0.4 is 4.90 Å². The van der Waals surface area contributed by atoms with E-state index in [0.29, 0.717) is 0 Å². The molecule has 3 nitrogen and oxygen atoms in total. The molecular weight excluding hydrogens is 248 g/mol. The van der Waals surface area contributed by atoms with Crippen molar-refractivity contribution >= 4 is 17.6 Å². The topological polar surface area (TPSA) is 29.3 Å². The van der Waals surface area contributed by atoms with Crippen molar-refractivity contribution in [2.75, 3.05) is 11.4 Å². The van der Waals surface area contributed by atoms with Crippen LogP contribution in [-0.4, -0.2) is 11.7 Å². The van der Waals surface area contributed by atoms with Crippen LogP contribution in [0, 0.1) is 13.8 Å². The lowest BCUT2D eigenvalue weighted by atomic mass is 9.95. The monoisotopic (exact) mass is 268 g/mol. The molecule has 0 aliphatic heterocycles. The van der Waals surface area contributed by atoms with Crippen molar-refractivity contribution in [3.63, 3.8) is 0 Å². The number of nitrogens with zero attached hydrogens (tertiary/aromatic N) is 2. The second kappa shape index (κ2) is 5.16. The molecule has 1 aromatic heterocycles. The van der Waals surface area contributed by atoms with Crippen molar-refractivity contribution in [1.29, 1.82) is 0 Å². The van der Waals surface area contributed by atoms with Crippen LogP contribution in [0.3, 0.4) is 0 Å². The van der Waals surface area contributed by atoms with E-state index in [2.05, 4.69) is 54.3 Å². The standard InChI is InChI=1S/C17H20N2O/c1-4-19(17-12(2)13(3)18-20-17)16-11-7-9-14-8-5-6-10-15(14)16/h6-7,9-11H,4-5,8H2,1-3H3. The number of allylic oxidation sites excluding steroid dienone is 1. The average Bonchev–Trinajstić information content (AvgIpc) is 2.81. The van der Waals surface area contributed by atoms with Crippen molar-refractivity contribution in [2.24, 2.45) is 0 Å². The highest BCUT2D eigenvalue weighted by atomic mass is 16.5. The summed E-state index contributed by atoms with van der Waals surface area (Å²) in [6, 6.07) is 6.51. The maximum absolute atomic E-state index is 5.55. The Labute approximate surface area is 119 Å². The molecule has 104 valence electrons. The number of fused-ring (bicyclic) bond motifs is 1. The molecule has 3 rings (SSSR count). The minimum Gasteiger partial charge on any atom is -0.338 e. The first-order valence-corrected chi connectivity index (χ1v) is 7.21. The molecule has 0 bridgehead atoms. The highest BCUT2D eigenvalue weighted by molar-refractivity contribution is 5.76. The van der Waals surface area contributed by atoms with Crippen LogP contribution in [-0.2, 0) is 6.42 Å². The van der Waals surface area contributed by atoms with E-state index in [9.17, 15) is 0 Å². The van der Waals surface area contributed by atoms with Crippen molar-refractivity contribution < 1.29 is 4.52 Å². The van der Waals surface area contributed by atoms with E-state index in [0.717, 1.165) is 36.5 Å². The van der Waals surface area contributed by atoms with Crippen molar-refractivity contribution in [2.45, 2.75) is 33.6 Å². The minimum atomic E-state index is 0.859. The van der Waals surface area contributed by atoms with Crippen LogP contribution in [0.5, 0.6) is 0 Å². The third-order valence-electron chi connectivity index (χ3n) is 4.02. The molecule has 0 unspecified atom stereocenters. The number of benzene rings is 1. The van der Waals surface area contributed by atoms with E-state index in [1.807, 2.05) is 6.92 Å².